The second kappa shape index (κ2) is 5.23. The predicted molar refractivity (Wildman–Crippen MR) is 65.4 cm³/mol. The summed E-state index contributed by atoms with van der Waals surface area (Å²) in [5, 5.41) is 3.45. The van der Waals surface area contributed by atoms with E-state index in [2.05, 4.69) is 28.4 Å². The van der Waals surface area contributed by atoms with Crippen LogP contribution in [0.3, 0.4) is 0 Å². The molecule has 1 N–H and O–H groups in total. The molecule has 0 amide bonds. The van der Waals surface area contributed by atoms with Crippen molar-refractivity contribution in [3.63, 3.8) is 0 Å². The zero-order valence-corrected chi connectivity index (χ0v) is 10.4. The molecule has 0 radical (unpaired) electrons. The molecule has 0 aliphatic rings. The first-order chi connectivity index (χ1) is 7.79. The van der Waals surface area contributed by atoms with Crippen LogP contribution in [-0.2, 0) is 13.5 Å². The van der Waals surface area contributed by atoms with Gasteiger partial charge in [-0.05, 0) is 6.54 Å². The molecule has 2 rings (SSSR count). The van der Waals surface area contributed by atoms with Crippen LogP contribution in [-0.4, -0.2) is 21.1 Å². The lowest BCUT2D eigenvalue weighted by atomic mass is 10.1. The van der Waals surface area contributed by atoms with Crippen molar-refractivity contribution in [3.8, 4) is 0 Å². The van der Waals surface area contributed by atoms with Crippen molar-refractivity contribution in [2.45, 2.75) is 19.4 Å². The summed E-state index contributed by atoms with van der Waals surface area (Å²) in [5.41, 5.74) is 2.97. The van der Waals surface area contributed by atoms with Crippen molar-refractivity contribution < 1.29 is 0 Å². The molecule has 0 aliphatic carbocycles. The molecule has 86 valence electrons. The minimum atomic E-state index is 0.284. The lowest BCUT2D eigenvalue weighted by Crippen LogP contribution is -2.23. The van der Waals surface area contributed by atoms with Gasteiger partial charge in [0, 0.05) is 30.7 Å². The van der Waals surface area contributed by atoms with E-state index in [0.29, 0.717) is 0 Å². The van der Waals surface area contributed by atoms with Crippen LogP contribution < -0.4 is 5.32 Å². The molecular weight excluding hydrogens is 220 g/mol. The normalized spacial score (nSPS) is 12.9. The molecule has 0 aromatic carbocycles. The molecule has 2 aromatic heterocycles. The van der Waals surface area contributed by atoms with Crippen LogP contribution in [0.4, 0.5) is 0 Å². The summed E-state index contributed by atoms with van der Waals surface area (Å²) in [4.78, 5) is 9.79. The van der Waals surface area contributed by atoms with Gasteiger partial charge in [-0.1, -0.05) is 6.92 Å². The summed E-state index contributed by atoms with van der Waals surface area (Å²) >= 11 is 1.69. The zero-order chi connectivity index (χ0) is 11.4. The number of aryl methyl sites for hydroxylation is 1. The molecule has 0 saturated carbocycles. The van der Waals surface area contributed by atoms with Gasteiger partial charge in [0.1, 0.15) is 0 Å². The Morgan fingerprint density at radius 3 is 3.00 bits per heavy atom. The van der Waals surface area contributed by atoms with Crippen molar-refractivity contribution in [1.29, 1.82) is 0 Å². The lowest BCUT2D eigenvalue weighted by Gasteiger charge is -2.14. The largest absolute Gasteiger partial charge is 0.340 e. The van der Waals surface area contributed by atoms with Gasteiger partial charge in [0.25, 0.3) is 0 Å². The monoisotopic (exact) mass is 236 g/mol. The zero-order valence-electron chi connectivity index (χ0n) is 9.55. The quantitative estimate of drug-likeness (QED) is 0.860. The van der Waals surface area contributed by atoms with Crippen LogP contribution in [0.5, 0.6) is 0 Å². The van der Waals surface area contributed by atoms with Crippen LogP contribution in [0.1, 0.15) is 23.5 Å². The van der Waals surface area contributed by atoms with Crippen LogP contribution in [0.15, 0.2) is 24.2 Å². The number of hydrogen-bond donors (Lipinski definition) is 1. The highest BCUT2D eigenvalue weighted by atomic mass is 32.1. The van der Waals surface area contributed by atoms with E-state index in [-0.39, 0.29) is 6.04 Å². The Kier molecular flexibility index (Phi) is 3.69. The van der Waals surface area contributed by atoms with Crippen molar-refractivity contribution in [3.05, 3.63) is 34.8 Å². The molecule has 0 saturated heterocycles. The van der Waals surface area contributed by atoms with E-state index in [4.69, 9.17) is 0 Å². The topological polar surface area (TPSA) is 42.7 Å². The van der Waals surface area contributed by atoms with E-state index in [1.165, 1.54) is 4.88 Å². The SMILES string of the molecule is CCNC(Cc1cncs1)c1cn(C)cn1. The average molecular weight is 236 g/mol. The summed E-state index contributed by atoms with van der Waals surface area (Å²) in [6, 6.07) is 0.284. The molecule has 2 heterocycles. The van der Waals surface area contributed by atoms with Gasteiger partial charge in [0.15, 0.2) is 0 Å². The summed E-state index contributed by atoms with van der Waals surface area (Å²) < 4.78 is 1.98. The number of nitrogens with one attached hydrogen (secondary N) is 1. The first-order valence-electron chi connectivity index (χ1n) is 5.38. The van der Waals surface area contributed by atoms with E-state index in [1.54, 1.807) is 11.3 Å². The van der Waals surface area contributed by atoms with E-state index in [1.807, 2.05) is 29.6 Å². The molecular formula is C11H16N4S. The first kappa shape index (κ1) is 11.3. The number of nitrogens with zero attached hydrogens (tertiary/aromatic N) is 3. The van der Waals surface area contributed by atoms with Crippen molar-refractivity contribution in [1.82, 2.24) is 19.9 Å². The van der Waals surface area contributed by atoms with Gasteiger partial charge in [-0.25, -0.2) is 4.98 Å². The molecule has 0 spiro atoms. The maximum Gasteiger partial charge on any atom is 0.0947 e. The van der Waals surface area contributed by atoms with Crippen LogP contribution in [0, 0.1) is 0 Å². The molecule has 0 aliphatic heterocycles. The van der Waals surface area contributed by atoms with Gasteiger partial charge in [0.05, 0.1) is 23.6 Å². The van der Waals surface area contributed by atoms with E-state index in [0.717, 1.165) is 18.7 Å². The Bertz CT molecular complexity index is 421. The molecule has 2 aromatic rings. The summed E-state index contributed by atoms with van der Waals surface area (Å²) in [7, 11) is 1.99. The van der Waals surface area contributed by atoms with Gasteiger partial charge in [-0.3, -0.25) is 4.98 Å². The third-order valence-electron chi connectivity index (χ3n) is 2.42. The van der Waals surface area contributed by atoms with Crippen molar-refractivity contribution in [2.75, 3.05) is 6.54 Å². The second-order valence-corrected chi connectivity index (χ2v) is 4.72. The Hall–Kier alpha value is -1.20. The van der Waals surface area contributed by atoms with Crippen LogP contribution in [0.2, 0.25) is 0 Å². The minimum absolute atomic E-state index is 0.284. The van der Waals surface area contributed by atoms with Gasteiger partial charge < -0.3 is 9.88 Å². The molecule has 1 atom stereocenters. The van der Waals surface area contributed by atoms with E-state index in [9.17, 15) is 0 Å². The van der Waals surface area contributed by atoms with Crippen molar-refractivity contribution in [2.24, 2.45) is 7.05 Å². The molecule has 4 nitrogen and oxygen atoms in total. The van der Waals surface area contributed by atoms with Gasteiger partial charge in [-0.15, -0.1) is 11.3 Å². The Morgan fingerprint density at radius 2 is 2.44 bits per heavy atom. The highest BCUT2D eigenvalue weighted by molar-refractivity contribution is 7.09. The Balaban J connectivity index is 2.11. The molecule has 16 heavy (non-hydrogen) atoms. The maximum atomic E-state index is 4.40. The highest BCUT2D eigenvalue weighted by Gasteiger charge is 2.14. The molecule has 0 fully saturated rings. The summed E-state index contributed by atoms with van der Waals surface area (Å²) in [6.07, 6.45) is 6.79. The van der Waals surface area contributed by atoms with Gasteiger partial charge >= 0.3 is 0 Å². The van der Waals surface area contributed by atoms with E-state index < -0.39 is 0 Å². The fraction of sp³-hybridized carbons (Fsp3) is 0.455. The number of aromatic nitrogens is 3. The molecule has 5 heteroatoms. The maximum absolute atomic E-state index is 4.40. The third-order valence-corrected chi connectivity index (χ3v) is 3.22. The third kappa shape index (κ3) is 2.68. The minimum Gasteiger partial charge on any atom is -0.340 e. The van der Waals surface area contributed by atoms with Crippen molar-refractivity contribution >= 4 is 11.3 Å². The number of imidazole rings is 1. The standard InChI is InChI=1S/C11H16N4S/c1-3-13-10(4-9-5-12-8-16-9)11-6-15(2)7-14-11/h5-8,10,13H,3-4H2,1-2H3. The molecule has 1 unspecified atom stereocenters. The average Bonchev–Trinajstić information content (AvgIpc) is 2.88. The summed E-state index contributed by atoms with van der Waals surface area (Å²) in [6.45, 7) is 3.06. The number of hydrogen-bond acceptors (Lipinski definition) is 4. The second-order valence-electron chi connectivity index (χ2n) is 3.75. The smallest absolute Gasteiger partial charge is 0.0947 e. The number of thiazole rings is 1. The lowest BCUT2D eigenvalue weighted by molar-refractivity contribution is 0.541. The Labute approximate surface area is 99.4 Å². The fourth-order valence-corrected chi connectivity index (χ4v) is 2.33. The predicted octanol–water partition coefficient (Wildman–Crippen LogP) is 1.77. The molecule has 0 bridgehead atoms. The summed E-state index contributed by atoms with van der Waals surface area (Å²) in [5.74, 6) is 0. The number of likely N-dealkylation sites (N-methyl/N-ethyl adjacent to an activating group) is 1. The van der Waals surface area contributed by atoms with E-state index >= 15 is 0 Å². The van der Waals surface area contributed by atoms with Crippen LogP contribution >= 0.6 is 11.3 Å². The van der Waals surface area contributed by atoms with Gasteiger partial charge in [0.2, 0.25) is 0 Å². The first-order valence-corrected chi connectivity index (χ1v) is 6.26. The number of rotatable bonds is 5. The fourth-order valence-electron chi connectivity index (χ4n) is 1.68. The van der Waals surface area contributed by atoms with Crippen LogP contribution in [0.25, 0.3) is 0 Å². The Morgan fingerprint density at radius 1 is 1.56 bits per heavy atom. The highest BCUT2D eigenvalue weighted by Crippen LogP contribution is 2.18. The van der Waals surface area contributed by atoms with Gasteiger partial charge in [-0.2, -0.15) is 0 Å².